The third-order valence-corrected chi connectivity index (χ3v) is 6.65. The number of fused-ring (bicyclic) bond motifs is 1. The minimum absolute atomic E-state index is 0.101. The normalized spacial score (nSPS) is 23.9. The first-order valence-corrected chi connectivity index (χ1v) is 12.6. The third kappa shape index (κ3) is 5.77. The van der Waals surface area contributed by atoms with Crippen LogP contribution in [0.4, 0.5) is 5.69 Å². The SMILES string of the molecule is CN(C)CC(=O)N1CCO[C@H](CNC2=C3N=CC=NC3C=C(c3ccc(N4CCOCC4)cc3)N2)C1. The van der Waals surface area contributed by atoms with Gasteiger partial charge in [0.05, 0.1) is 32.5 Å². The standard InChI is InChI=1S/C26H35N7O3/c1-31(2)18-24(34)33-11-14-36-21(17-33)16-29-26-25-23(27-7-8-28-25)15-22(30-26)19-3-5-20(6-4-19)32-9-12-35-13-10-32/h3-8,15,21,23,29-30H,9-14,16-18H2,1-2H3/t21-,23?/m1/s1. The van der Waals surface area contributed by atoms with Gasteiger partial charge in [0.25, 0.3) is 0 Å². The number of aliphatic imine (C=N–C) groups is 2. The molecule has 2 saturated heterocycles. The molecule has 1 amide bonds. The van der Waals surface area contributed by atoms with E-state index in [1.165, 1.54) is 5.69 Å². The Hall–Kier alpha value is -3.21. The Morgan fingerprint density at radius 1 is 1.14 bits per heavy atom. The number of nitrogens with one attached hydrogen (secondary N) is 2. The fourth-order valence-electron chi connectivity index (χ4n) is 4.76. The zero-order valence-electron chi connectivity index (χ0n) is 21.0. The summed E-state index contributed by atoms with van der Waals surface area (Å²) in [5.74, 6) is 0.950. The monoisotopic (exact) mass is 493 g/mol. The highest BCUT2D eigenvalue weighted by Crippen LogP contribution is 2.27. The van der Waals surface area contributed by atoms with E-state index in [1.54, 1.807) is 12.4 Å². The molecule has 0 bridgehead atoms. The van der Waals surface area contributed by atoms with Crippen LogP contribution in [0.2, 0.25) is 0 Å². The lowest BCUT2D eigenvalue weighted by atomic mass is 10.0. The molecule has 36 heavy (non-hydrogen) atoms. The van der Waals surface area contributed by atoms with Gasteiger partial charge in [0.15, 0.2) is 0 Å². The molecule has 10 heteroatoms. The maximum atomic E-state index is 12.5. The fraction of sp³-hybridized carbons (Fsp3) is 0.500. The van der Waals surface area contributed by atoms with Crippen LogP contribution in [0.25, 0.3) is 5.70 Å². The lowest BCUT2D eigenvalue weighted by Gasteiger charge is -2.34. The summed E-state index contributed by atoms with van der Waals surface area (Å²) in [5.41, 5.74) is 4.13. The summed E-state index contributed by atoms with van der Waals surface area (Å²) in [6.45, 7) is 6.07. The van der Waals surface area contributed by atoms with E-state index in [4.69, 9.17) is 9.47 Å². The number of anilines is 1. The predicted molar refractivity (Wildman–Crippen MR) is 141 cm³/mol. The lowest BCUT2D eigenvalue weighted by molar-refractivity contribution is -0.139. The highest BCUT2D eigenvalue weighted by molar-refractivity contribution is 6.17. The molecule has 2 atom stereocenters. The number of amides is 1. The topological polar surface area (TPSA) is 94.0 Å². The van der Waals surface area contributed by atoms with Gasteiger partial charge in [-0.2, -0.15) is 0 Å². The molecule has 2 N–H and O–H groups in total. The van der Waals surface area contributed by atoms with Crippen LogP contribution >= 0.6 is 0 Å². The number of ether oxygens (including phenoxy) is 2. The van der Waals surface area contributed by atoms with Crippen molar-refractivity contribution >= 4 is 29.7 Å². The van der Waals surface area contributed by atoms with Crippen molar-refractivity contribution in [3.05, 3.63) is 47.4 Å². The van der Waals surface area contributed by atoms with Crippen LogP contribution in [0.1, 0.15) is 5.56 Å². The average Bonchev–Trinajstić information content (AvgIpc) is 2.92. The second kappa shape index (κ2) is 11.2. The molecule has 10 nitrogen and oxygen atoms in total. The van der Waals surface area contributed by atoms with E-state index < -0.39 is 0 Å². The van der Waals surface area contributed by atoms with E-state index in [9.17, 15) is 4.79 Å². The van der Waals surface area contributed by atoms with Gasteiger partial charge in [-0.1, -0.05) is 12.1 Å². The van der Waals surface area contributed by atoms with Crippen LogP contribution in [0.15, 0.2) is 51.8 Å². The summed E-state index contributed by atoms with van der Waals surface area (Å²) in [6, 6.07) is 8.44. The van der Waals surface area contributed by atoms with Crippen molar-refractivity contribution < 1.29 is 14.3 Å². The molecular formula is C26H35N7O3. The maximum absolute atomic E-state index is 12.5. The number of dihydropyridines is 1. The molecule has 0 radical (unpaired) electrons. The number of likely N-dealkylation sites (N-methyl/N-ethyl adjacent to an activating group) is 1. The van der Waals surface area contributed by atoms with Gasteiger partial charge >= 0.3 is 0 Å². The summed E-state index contributed by atoms with van der Waals surface area (Å²) in [7, 11) is 3.82. The molecule has 4 heterocycles. The van der Waals surface area contributed by atoms with Crippen LogP contribution in [0, 0.1) is 0 Å². The van der Waals surface area contributed by atoms with Crippen LogP contribution < -0.4 is 15.5 Å². The molecule has 1 unspecified atom stereocenters. The number of hydrogen-bond donors (Lipinski definition) is 2. The van der Waals surface area contributed by atoms with Crippen LogP contribution in [0.3, 0.4) is 0 Å². The van der Waals surface area contributed by atoms with Gasteiger partial charge in [-0.15, -0.1) is 0 Å². The van der Waals surface area contributed by atoms with Crippen molar-refractivity contribution in [1.82, 2.24) is 20.4 Å². The first kappa shape index (κ1) is 24.5. The molecular weight excluding hydrogens is 458 g/mol. The van der Waals surface area contributed by atoms with E-state index in [-0.39, 0.29) is 18.1 Å². The molecule has 0 aliphatic carbocycles. The van der Waals surface area contributed by atoms with Crippen molar-refractivity contribution in [2.45, 2.75) is 12.1 Å². The zero-order chi connectivity index (χ0) is 24.9. The van der Waals surface area contributed by atoms with Gasteiger partial charge in [-0.05, 0) is 37.9 Å². The van der Waals surface area contributed by atoms with Crippen molar-refractivity contribution in [2.75, 3.05) is 78.1 Å². The first-order chi connectivity index (χ1) is 17.6. The Labute approximate surface area is 212 Å². The average molecular weight is 494 g/mol. The molecule has 0 saturated carbocycles. The van der Waals surface area contributed by atoms with Gasteiger partial charge in [-0.25, -0.2) is 0 Å². The highest BCUT2D eigenvalue weighted by atomic mass is 16.5. The quantitative estimate of drug-likeness (QED) is 0.573. The Kier molecular flexibility index (Phi) is 7.64. The Bertz CT molecular complexity index is 1060. The number of nitrogens with zero attached hydrogens (tertiary/aromatic N) is 5. The number of carbonyl (C=O) groups is 1. The molecule has 1 aromatic rings. The summed E-state index contributed by atoms with van der Waals surface area (Å²) < 4.78 is 11.4. The van der Waals surface area contributed by atoms with E-state index >= 15 is 0 Å². The van der Waals surface area contributed by atoms with Crippen molar-refractivity contribution in [2.24, 2.45) is 9.98 Å². The minimum Gasteiger partial charge on any atom is -0.378 e. The smallest absolute Gasteiger partial charge is 0.236 e. The van der Waals surface area contributed by atoms with Gasteiger partial charge < -0.3 is 34.8 Å². The summed E-state index contributed by atoms with van der Waals surface area (Å²) in [4.78, 5) is 27.8. The van der Waals surface area contributed by atoms with Gasteiger partial charge in [0.1, 0.15) is 17.6 Å². The lowest BCUT2D eigenvalue weighted by Crippen LogP contribution is -2.51. The second-order valence-electron chi connectivity index (χ2n) is 9.58. The molecule has 5 rings (SSSR count). The molecule has 4 aliphatic rings. The largest absolute Gasteiger partial charge is 0.378 e. The van der Waals surface area contributed by atoms with Crippen LogP contribution in [-0.2, 0) is 14.3 Å². The van der Waals surface area contributed by atoms with E-state index in [1.807, 2.05) is 23.9 Å². The van der Waals surface area contributed by atoms with Crippen molar-refractivity contribution in [3.63, 3.8) is 0 Å². The molecule has 1 aromatic carbocycles. The van der Waals surface area contributed by atoms with Crippen molar-refractivity contribution in [1.29, 1.82) is 0 Å². The van der Waals surface area contributed by atoms with E-state index in [0.29, 0.717) is 32.8 Å². The fourth-order valence-corrected chi connectivity index (χ4v) is 4.76. The van der Waals surface area contributed by atoms with Crippen LogP contribution in [-0.4, -0.2) is 113 Å². The number of hydrogen-bond acceptors (Lipinski definition) is 9. The van der Waals surface area contributed by atoms with Crippen LogP contribution in [0.5, 0.6) is 0 Å². The molecule has 2 fully saturated rings. The maximum Gasteiger partial charge on any atom is 0.236 e. The molecule has 0 aromatic heterocycles. The Morgan fingerprint density at radius 2 is 1.94 bits per heavy atom. The van der Waals surface area contributed by atoms with Gasteiger partial charge in [0, 0.05) is 56.5 Å². The summed E-state index contributed by atoms with van der Waals surface area (Å²) in [6.07, 6.45) is 5.46. The Balaban J connectivity index is 1.25. The zero-order valence-corrected chi connectivity index (χ0v) is 21.0. The minimum atomic E-state index is -0.155. The summed E-state index contributed by atoms with van der Waals surface area (Å²) in [5, 5.41) is 7.03. The second-order valence-corrected chi connectivity index (χ2v) is 9.58. The Morgan fingerprint density at radius 3 is 2.72 bits per heavy atom. The molecule has 192 valence electrons. The summed E-state index contributed by atoms with van der Waals surface area (Å²) >= 11 is 0. The molecule has 0 spiro atoms. The van der Waals surface area contributed by atoms with Gasteiger partial charge in [0.2, 0.25) is 5.91 Å². The van der Waals surface area contributed by atoms with Crippen molar-refractivity contribution in [3.8, 4) is 0 Å². The third-order valence-electron chi connectivity index (χ3n) is 6.65. The first-order valence-electron chi connectivity index (χ1n) is 12.6. The number of rotatable bonds is 7. The molecule has 4 aliphatic heterocycles. The van der Waals surface area contributed by atoms with E-state index in [0.717, 1.165) is 49.1 Å². The van der Waals surface area contributed by atoms with Gasteiger partial charge in [-0.3, -0.25) is 14.8 Å². The highest BCUT2D eigenvalue weighted by Gasteiger charge is 2.27. The number of carbonyl (C=O) groups excluding carboxylic acids is 1. The number of benzene rings is 1. The van der Waals surface area contributed by atoms with E-state index in [2.05, 4.69) is 55.9 Å². The number of morpholine rings is 2. The predicted octanol–water partition coefficient (Wildman–Crippen LogP) is 0.539.